The Morgan fingerprint density at radius 3 is 2.67 bits per heavy atom. The summed E-state index contributed by atoms with van der Waals surface area (Å²) in [6.07, 6.45) is 5.36. The number of halogens is 1. The van der Waals surface area contributed by atoms with Crippen molar-refractivity contribution in [2.45, 2.75) is 57.9 Å². The minimum Gasteiger partial charge on any atom is -0.349 e. The first kappa shape index (κ1) is 20.9. The molecule has 1 aromatic heterocycles. The fraction of sp³-hybridized carbons (Fsp3) is 0.458. The first-order chi connectivity index (χ1) is 14.3. The largest absolute Gasteiger partial charge is 0.349 e. The highest BCUT2D eigenvalue weighted by molar-refractivity contribution is 6.30. The van der Waals surface area contributed by atoms with Gasteiger partial charge in [0.1, 0.15) is 0 Å². The molecule has 0 spiro atoms. The number of aryl methyl sites for hydroxylation is 1. The van der Waals surface area contributed by atoms with Crippen LogP contribution in [0.5, 0.6) is 0 Å². The number of hydrogen-bond acceptors (Lipinski definition) is 3. The predicted molar refractivity (Wildman–Crippen MR) is 119 cm³/mol. The zero-order valence-corrected chi connectivity index (χ0v) is 18.5. The second-order valence-electron chi connectivity index (χ2n) is 9.04. The lowest BCUT2D eigenvalue weighted by Crippen LogP contribution is -2.42. The Kier molecular flexibility index (Phi) is 5.58. The minimum atomic E-state index is -0.468. The average Bonchev–Trinajstić information content (AvgIpc) is 2.92. The average molecular weight is 426 g/mol. The number of aromatic nitrogens is 1. The first-order valence-electron chi connectivity index (χ1n) is 10.6. The molecule has 1 aromatic carbocycles. The summed E-state index contributed by atoms with van der Waals surface area (Å²) in [6.45, 7) is 6.58. The van der Waals surface area contributed by atoms with Crippen molar-refractivity contribution in [2.75, 3.05) is 11.4 Å². The van der Waals surface area contributed by atoms with Crippen LogP contribution in [0.25, 0.3) is 0 Å². The molecule has 0 unspecified atom stereocenters. The highest BCUT2D eigenvalue weighted by Crippen LogP contribution is 2.42. The van der Waals surface area contributed by atoms with Crippen molar-refractivity contribution in [1.29, 1.82) is 0 Å². The molecule has 6 heteroatoms. The molecule has 0 atom stereocenters. The second-order valence-corrected chi connectivity index (χ2v) is 9.47. The molecule has 1 aliphatic heterocycles. The van der Waals surface area contributed by atoms with Gasteiger partial charge in [-0.3, -0.25) is 14.6 Å². The van der Waals surface area contributed by atoms with E-state index in [9.17, 15) is 9.59 Å². The smallest absolute Gasteiger partial charge is 0.253 e. The van der Waals surface area contributed by atoms with Gasteiger partial charge in [-0.1, -0.05) is 29.8 Å². The minimum absolute atomic E-state index is 0.114. The normalized spacial score (nSPS) is 22.7. The fourth-order valence-electron chi connectivity index (χ4n) is 4.73. The van der Waals surface area contributed by atoms with E-state index in [1.807, 2.05) is 37.8 Å². The van der Waals surface area contributed by atoms with Gasteiger partial charge in [0, 0.05) is 24.5 Å². The molecular formula is C24H28ClN3O2. The molecule has 2 aromatic rings. The Hall–Kier alpha value is -2.40. The lowest BCUT2D eigenvalue weighted by Gasteiger charge is -2.32. The molecule has 0 saturated heterocycles. The number of pyridine rings is 1. The SMILES string of the molecule is Cc1ncc(Cl)cc1C(=O)NC1CCC(CN2C(=O)C(C)(C)c3ccccc32)CC1. The van der Waals surface area contributed by atoms with Crippen LogP contribution in [0.2, 0.25) is 5.02 Å². The van der Waals surface area contributed by atoms with Gasteiger partial charge < -0.3 is 10.2 Å². The Morgan fingerprint density at radius 2 is 1.93 bits per heavy atom. The van der Waals surface area contributed by atoms with Crippen molar-refractivity contribution in [3.8, 4) is 0 Å². The van der Waals surface area contributed by atoms with Gasteiger partial charge in [-0.25, -0.2) is 0 Å². The van der Waals surface area contributed by atoms with Crippen LogP contribution in [-0.2, 0) is 10.2 Å². The monoisotopic (exact) mass is 425 g/mol. The van der Waals surface area contributed by atoms with E-state index in [0.29, 0.717) is 22.2 Å². The third-order valence-corrected chi connectivity index (χ3v) is 6.78. The number of carbonyl (C=O) groups is 2. The zero-order chi connectivity index (χ0) is 21.5. The maximum atomic E-state index is 13.0. The summed E-state index contributed by atoms with van der Waals surface area (Å²) in [6, 6.07) is 9.93. The number of carbonyl (C=O) groups excluding carboxylic acids is 2. The topological polar surface area (TPSA) is 62.3 Å². The number of anilines is 1. The molecule has 0 bridgehead atoms. The standard InChI is InChI=1S/C24H28ClN3O2/c1-15-19(12-17(25)13-26-15)22(29)27-18-10-8-16(9-11-18)14-28-21-7-5-4-6-20(21)24(2,3)23(28)30/h4-7,12-13,16,18H,8-11,14H2,1-3H3,(H,27,29). The first-order valence-corrected chi connectivity index (χ1v) is 11.0. The number of nitrogens with zero attached hydrogens (tertiary/aromatic N) is 2. The third kappa shape index (κ3) is 3.83. The Bertz CT molecular complexity index is 980. The molecule has 2 amide bonds. The van der Waals surface area contributed by atoms with E-state index in [0.717, 1.165) is 43.5 Å². The molecule has 1 saturated carbocycles. The van der Waals surface area contributed by atoms with Crippen LogP contribution in [0.3, 0.4) is 0 Å². The fourth-order valence-corrected chi connectivity index (χ4v) is 4.89. The Balaban J connectivity index is 1.36. The highest BCUT2D eigenvalue weighted by Gasteiger charge is 2.44. The van der Waals surface area contributed by atoms with Gasteiger partial charge in [-0.15, -0.1) is 0 Å². The summed E-state index contributed by atoms with van der Waals surface area (Å²) in [5.41, 5.74) is 2.91. The van der Waals surface area contributed by atoms with E-state index >= 15 is 0 Å². The van der Waals surface area contributed by atoms with Crippen molar-refractivity contribution in [3.63, 3.8) is 0 Å². The van der Waals surface area contributed by atoms with Gasteiger partial charge in [0.2, 0.25) is 5.91 Å². The summed E-state index contributed by atoms with van der Waals surface area (Å²) in [4.78, 5) is 31.8. The third-order valence-electron chi connectivity index (χ3n) is 6.57. The van der Waals surface area contributed by atoms with Crippen LogP contribution in [0.15, 0.2) is 36.5 Å². The van der Waals surface area contributed by atoms with E-state index in [1.165, 1.54) is 0 Å². The predicted octanol–water partition coefficient (Wildman–Crippen LogP) is 4.66. The van der Waals surface area contributed by atoms with Gasteiger partial charge in [0.25, 0.3) is 5.91 Å². The molecule has 1 fully saturated rings. The summed E-state index contributed by atoms with van der Waals surface area (Å²) in [5.74, 6) is 0.512. The van der Waals surface area contributed by atoms with Crippen molar-refractivity contribution >= 4 is 29.1 Å². The number of fused-ring (bicyclic) bond motifs is 1. The molecule has 4 rings (SSSR count). The van der Waals surface area contributed by atoms with Crippen molar-refractivity contribution in [2.24, 2.45) is 5.92 Å². The number of hydrogen-bond donors (Lipinski definition) is 1. The molecule has 30 heavy (non-hydrogen) atoms. The van der Waals surface area contributed by atoms with Gasteiger partial charge in [0.15, 0.2) is 0 Å². The molecule has 5 nitrogen and oxygen atoms in total. The molecule has 2 heterocycles. The Morgan fingerprint density at radius 1 is 1.23 bits per heavy atom. The molecule has 1 N–H and O–H groups in total. The molecule has 1 aliphatic carbocycles. The number of benzene rings is 1. The van der Waals surface area contributed by atoms with E-state index in [-0.39, 0.29) is 17.9 Å². The summed E-state index contributed by atoms with van der Waals surface area (Å²) in [7, 11) is 0. The molecule has 2 aliphatic rings. The van der Waals surface area contributed by atoms with Crippen molar-refractivity contribution < 1.29 is 9.59 Å². The van der Waals surface area contributed by atoms with Crippen LogP contribution >= 0.6 is 11.6 Å². The highest BCUT2D eigenvalue weighted by atomic mass is 35.5. The van der Waals surface area contributed by atoms with E-state index in [4.69, 9.17) is 11.6 Å². The maximum absolute atomic E-state index is 13.0. The maximum Gasteiger partial charge on any atom is 0.253 e. The molecule has 158 valence electrons. The van der Waals surface area contributed by atoms with E-state index in [1.54, 1.807) is 12.3 Å². The van der Waals surface area contributed by atoms with E-state index in [2.05, 4.69) is 22.4 Å². The van der Waals surface area contributed by atoms with Gasteiger partial charge in [-0.05, 0) is 70.1 Å². The summed E-state index contributed by atoms with van der Waals surface area (Å²) < 4.78 is 0. The second kappa shape index (κ2) is 8.03. The van der Waals surface area contributed by atoms with Crippen LogP contribution in [0.4, 0.5) is 5.69 Å². The number of rotatable bonds is 4. The van der Waals surface area contributed by atoms with Crippen LogP contribution < -0.4 is 10.2 Å². The van der Waals surface area contributed by atoms with Gasteiger partial charge in [0.05, 0.1) is 21.7 Å². The Labute approximate surface area is 182 Å². The van der Waals surface area contributed by atoms with Crippen LogP contribution in [-0.4, -0.2) is 29.4 Å². The lowest BCUT2D eigenvalue weighted by molar-refractivity contribution is -0.122. The van der Waals surface area contributed by atoms with E-state index < -0.39 is 5.41 Å². The summed E-state index contributed by atoms with van der Waals surface area (Å²) >= 11 is 6.00. The lowest BCUT2D eigenvalue weighted by atomic mass is 9.85. The zero-order valence-electron chi connectivity index (χ0n) is 17.7. The number of nitrogens with one attached hydrogen (secondary N) is 1. The van der Waals surface area contributed by atoms with Crippen molar-refractivity contribution in [3.05, 3.63) is 58.4 Å². The quantitative estimate of drug-likeness (QED) is 0.775. The molecular weight excluding hydrogens is 398 g/mol. The van der Waals surface area contributed by atoms with Gasteiger partial charge in [-0.2, -0.15) is 0 Å². The molecule has 0 radical (unpaired) electrons. The number of para-hydroxylation sites is 1. The summed E-state index contributed by atoms with van der Waals surface area (Å²) in [5, 5.41) is 3.60. The van der Waals surface area contributed by atoms with Gasteiger partial charge >= 0.3 is 0 Å². The van der Waals surface area contributed by atoms with Crippen LogP contribution in [0.1, 0.15) is 61.1 Å². The number of amides is 2. The van der Waals surface area contributed by atoms with Crippen LogP contribution in [0, 0.1) is 12.8 Å². The van der Waals surface area contributed by atoms with Crippen molar-refractivity contribution in [1.82, 2.24) is 10.3 Å².